The number of carbonyl (C=O) groups excluding carboxylic acids is 1. The van der Waals surface area contributed by atoms with E-state index in [-0.39, 0.29) is 23.8 Å². The monoisotopic (exact) mass is 250 g/mol. The first-order valence-corrected chi connectivity index (χ1v) is 6.38. The first-order valence-electron chi connectivity index (χ1n) is 6.38. The summed E-state index contributed by atoms with van der Waals surface area (Å²) in [5.74, 6) is -0.475. The van der Waals surface area contributed by atoms with Gasteiger partial charge in [-0.3, -0.25) is 4.79 Å². The molecule has 1 aliphatic rings. The molecule has 1 saturated carbocycles. The lowest BCUT2D eigenvalue weighted by molar-refractivity contribution is -0.115. The molecule has 1 aliphatic carbocycles. The average molecular weight is 250 g/mol. The second kappa shape index (κ2) is 5.48. The lowest BCUT2D eigenvalue weighted by Gasteiger charge is -2.24. The van der Waals surface area contributed by atoms with E-state index in [1.54, 1.807) is 12.1 Å². The predicted molar refractivity (Wildman–Crippen MR) is 69.9 cm³/mol. The lowest BCUT2D eigenvalue weighted by atomic mass is 10.0. The van der Waals surface area contributed by atoms with Crippen molar-refractivity contribution >= 4 is 11.6 Å². The van der Waals surface area contributed by atoms with Crippen molar-refractivity contribution in [3.8, 4) is 0 Å². The molecule has 0 atom stereocenters. The topological polar surface area (TPSA) is 41.1 Å². The summed E-state index contributed by atoms with van der Waals surface area (Å²) in [6.45, 7) is 2.42. The molecular weight excluding hydrogens is 231 g/mol. The van der Waals surface area contributed by atoms with Crippen molar-refractivity contribution in [2.24, 2.45) is 0 Å². The van der Waals surface area contributed by atoms with Gasteiger partial charge in [0, 0.05) is 11.2 Å². The van der Waals surface area contributed by atoms with Crippen LogP contribution in [0.3, 0.4) is 0 Å². The standard InChI is InChI=1S/C14H19FN2O/c1-14(7-2-3-8-14)16-10-13(18)17-12-6-4-5-11(15)9-12/h4-6,9,16H,2-3,7-8,10H2,1H3,(H,17,18). The molecule has 0 saturated heterocycles. The summed E-state index contributed by atoms with van der Waals surface area (Å²) < 4.78 is 12.9. The van der Waals surface area contributed by atoms with Gasteiger partial charge in [-0.25, -0.2) is 4.39 Å². The van der Waals surface area contributed by atoms with Crippen LogP contribution in [0, 0.1) is 5.82 Å². The highest BCUT2D eigenvalue weighted by atomic mass is 19.1. The molecular formula is C14H19FN2O. The van der Waals surface area contributed by atoms with E-state index >= 15 is 0 Å². The van der Waals surface area contributed by atoms with Crippen LogP contribution in [0.15, 0.2) is 24.3 Å². The van der Waals surface area contributed by atoms with E-state index < -0.39 is 0 Å². The fourth-order valence-electron chi connectivity index (χ4n) is 2.40. The third-order valence-electron chi connectivity index (χ3n) is 3.49. The highest BCUT2D eigenvalue weighted by Gasteiger charge is 2.28. The van der Waals surface area contributed by atoms with Crippen LogP contribution < -0.4 is 10.6 Å². The Labute approximate surface area is 107 Å². The van der Waals surface area contributed by atoms with Gasteiger partial charge in [0.15, 0.2) is 0 Å². The van der Waals surface area contributed by atoms with E-state index in [1.165, 1.54) is 25.0 Å². The highest BCUT2D eigenvalue weighted by Crippen LogP contribution is 2.28. The summed E-state index contributed by atoms with van der Waals surface area (Å²) in [4.78, 5) is 11.7. The molecule has 1 aromatic carbocycles. The Bertz CT molecular complexity index is 428. The van der Waals surface area contributed by atoms with Crippen molar-refractivity contribution in [2.45, 2.75) is 38.1 Å². The number of halogens is 1. The molecule has 18 heavy (non-hydrogen) atoms. The van der Waals surface area contributed by atoms with E-state index in [2.05, 4.69) is 17.6 Å². The Morgan fingerprint density at radius 1 is 1.39 bits per heavy atom. The Morgan fingerprint density at radius 3 is 2.78 bits per heavy atom. The van der Waals surface area contributed by atoms with E-state index in [4.69, 9.17) is 0 Å². The van der Waals surface area contributed by atoms with Crippen molar-refractivity contribution in [1.82, 2.24) is 5.32 Å². The Kier molecular flexibility index (Phi) is 3.97. The number of benzene rings is 1. The molecule has 2 rings (SSSR count). The quantitative estimate of drug-likeness (QED) is 0.862. The average Bonchev–Trinajstić information content (AvgIpc) is 2.74. The summed E-state index contributed by atoms with van der Waals surface area (Å²) >= 11 is 0. The summed E-state index contributed by atoms with van der Waals surface area (Å²) in [5.41, 5.74) is 0.581. The summed E-state index contributed by atoms with van der Waals surface area (Å²) in [7, 11) is 0. The minimum Gasteiger partial charge on any atom is -0.325 e. The number of carbonyl (C=O) groups is 1. The van der Waals surface area contributed by atoms with Crippen LogP contribution in [-0.2, 0) is 4.79 Å². The van der Waals surface area contributed by atoms with E-state index in [0.717, 1.165) is 12.8 Å². The Morgan fingerprint density at radius 2 is 2.11 bits per heavy atom. The van der Waals surface area contributed by atoms with Crippen molar-refractivity contribution in [1.29, 1.82) is 0 Å². The van der Waals surface area contributed by atoms with Crippen LogP contribution in [0.2, 0.25) is 0 Å². The number of hydrogen-bond acceptors (Lipinski definition) is 2. The number of anilines is 1. The van der Waals surface area contributed by atoms with Gasteiger partial charge in [0.05, 0.1) is 6.54 Å². The fourth-order valence-corrected chi connectivity index (χ4v) is 2.40. The van der Waals surface area contributed by atoms with Gasteiger partial charge in [-0.15, -0.1) is 0 Å². The van der Waals surface area contributed by atoms with Crippen LogP contribution in [0.1, 0.15) is 32.6 Å². The SMILES string of the molecule is CC1(NCC(=O)Nc2cccc(F)c2)CCCC1. The molecule has 3 nitrogen and oxygen atoms in total. The number of hydrogen-bond donors (Lipinski definition) is 2. The maximum atomic E-state index is 12.9. The third kappa shape index (κ3) is 3.53. The second-order valence-electron chi connectivity index (χ2n) is 5.18. The van der Waals surface area contributed by atoms with Gasteiger partial charge in [0.25, 0.3) is 0 Å². The molecule has 0 aromatic heterocycles. The van der Waals surface area contributed by atoms with Crippen molar-refractivity contribution in [3.63, 3.8) is 0 Å². The first kappa shape index (κ1) is 13.0. The molecule has 0 bridgehead atoms. The van der Waals surface area contributed by atoms with Gasteiger partial charge in [-0.05, 0) is 38.0 Å². The minimum absolute atomic E-state index is 0.0826. The van der Waals surface area contributed by atoms with Crippen LogP contribution in [0.5, 0.6) is 0 Å². The summed E-state index contributed by atoms with van der Waals surface area (Å²) in [6.07, 6.45) is 4.66. The van der Waals surface area contributed by atoms with Gasteiger partial charge in [-0.2, -0.15) is 0 Å². The zero-order chi connectivity index (χ0) is 13.0. The fraction of sp³-hybridized carbons (Fsp3) is 0.500. The van der Waals surface area contributed by atoms with Gasteiger partial charge < -0.3 is 10.6 Å². The summed E-state index contributed by atoms with van der Waals surface area (Å²) in [6, 6.07) is 5.93. The van der Waals surface area contributed by atoms with Crippen LogP contribution in [0.4, 0.5) is 10.1 Å². The molecule has 0 spiro atoms. The predicted octanol–water partition coefficient (Wildman–Crippen LogP) is 2.69. The molecule has 0 aliphatic heterocycles. The van der Waals surface area contributed by atoms with E-state index in [9.17, 15) is 9.18 Å². The second-order valence-corrected chi connectivity index (χ2v) is 5.18. The molecule has 98 valence electrons. The van der Waals surface area contributed by atoms with Gasteiger partial charge in [0.2, 0.25) is 5.91 Å². The highest BCUT2D eigenvalue weighted by molar-refractivity contribution is 5.92. The molecule has 2 N–H and O–H groups in total. The van der Waals surface area contributed by atoms with Gasteiger partial charge in [0.1, 0.15) is 5.82 Å². The zero-order valence-corrected chi connectivity index (χ0v) is 10.6. The van der Waals surface area contributed by atoms with Gasteiger partial charge >= 0.3 is 0 Å². The minimum atomic E-state index is -0.344. The van der Waals surface area contributed by atoms with E-state index in [1.807, 2.05) is 0 Å². The molecule has 1 amide bonds. The van der Waals surface area contributed by atoms with Crippen LogP contribution >= 0.6 is 0 Å². The van der Waals surface area contributed by atoms with Crippen LogP contribution in [-0.4, -0.2) is 18.0 Å². The normalized spacial score (nSPS) is 17.7. The first-order chi connectivity index (χ1) is 8.57. The number of nitrogens with one attached hydrogen (secondary N) is 2. The Balaban J connectivity index is 1.82. The number of rotatable bonds is 4. The van der Waals surface area contributed by atoms with Crippen molar-refractivity contribution in [3.05, 3.63) is 30.1 Å². The summed E-state index contributed by atoms with van der Waals surface area (Å²) in [5, 5.41) is 5.97. The molecule has 1 aromatic rings. The molecule has 0 unspecified atom stereocenters. The van der Waals surface area contributed by atoms with Crippen LogP contribution in [0.25, 0.3) is 0 Å². The molecule has 4 heteroatoms. The maximum absolute atomic E-state index is 12.9. The molecule has 1 fully saturated rings. The lowest BCUT2D eigenvalue weighted by Crippen LogP contribution is -2.43. The van der Waals surface area contributed by atoms with E-state index in [0.29, 0.717) is 5.69 Å². The number of amides is 1. The third-order valence-corrected chi connectivity index (χ3v) is 3.49. The maximum Gasteiger partial charge on any atom is 0.238 e. The Hall–Kier alpha value is -1.42. The molecule has 0 radical (unpaired) electrons. The molecule has 0 heterocycles. The largest absolute Gasteiger partial charge is 0.325 e. The zero-order valence-electron chi connectivity index (χ0n) is 10.6. The van der Waals surface area contributed by atoms with Crippen molar-refractivity contribution in [2.75, 3.05) is 11.9 Å². The smallest absolute Gasteiger partial charge is 0.238 e. The van der Waals surface area contributed by atoms with Gasteiger partial charge in [-0.1, -0.05) is 18.9 Å². The van der Waals surface area contributed by atoms with Crippen molar-refractivity contribution < 1.29 is 9.18 Å².